The van der Waals surface area contributed by atoms with Crippen LogP contribution in [0.4, 0.5) is 0 Å². The quantitative estimate of drug-likeness (QED) is 0.327. The van der Waals surface area contributed by atoms with Crippen LogP contribution in [-0.2, 0) is 6.54 Å². The number of fused-ring (bicyclic) bond motifs is 4. The average Bonchev–Trinajstić information content (AvgIpc) is 2.73. The fourth-order valence-corrected chi connectivity index (χ4v) is 5.39. The Kier molecular flexibility index (Phi) is 7.08. The van der Waals surface area contributed by atoms with Gasteiger partial charge >= 0.3 is 0 Å². The van der Waals surface area contributed by atoms with Crippen LogP contribution in [0.25, 0.3) is 0 Å². The molecule has 1 fully saturated rings. The van der Waals surface area contributed by atoms with E-state index >= 15 is 0 Å². The third kappa shape index (κ3) is 5.09. The number of amides is 1. The average molecular weight is 579 g/mol. The number of aromatic nitrogens is 1. The standard InChI is InChI=1S/C21H20BrCl3N4O2S/c22-15-5-2-1-4-14(15)18(31)26-19(21(23,24)25)27-20(32)28-9-12-8-13(11-28)16-6-3-7-17(30)29(16)10-12/h1-7,12-13,19H,8-11H2,(H,26,31)(H,27,32)/t12?,13-,19?/m0/s1. The van der Waals surface area contributed by atoms with Gasteiger partial charge in [0, 0.05) is 41.8 Å². The highest BCUT2D eigenvalue weighted by Gasteiger charge is 2.39. The number of pyridine rings is 1. The molecule has 2 aliphatic heterocycles. The molecular formula is C21H20BrCl3N4O2S. The Morgan fingerprint density at radius 1 is 1.09 bits per heavy atom. The molecule has 0 aliphatic carbocycles. The number of thiocarbonyl (C=S) groups is 1. The SMILES string of the molecule is O=C(NC(NC(=S)N1CC2C[C@@H](C1)c1cccc(=O)n1C2)C(Cl)(Cl)Cl)c1ccccc1Br. The minimum atomic E-state index is -1.84. The lowest BCUT2D eigenvalue weighted by Crippen LogP contribution is -2.60. The van der Waals surface area contributed by atoms with E-state index in [-0.39, 0.29) is 17.4 Å². The molecule has 0 radical (unpaired) electrons. The summed E-state index contributed by atoms with van der Waals surface area (Å²) in [6.07, 6.45) is -0.0499. The van der Waals surface area contributed by atoms with E-state index in [0.29, 0.717) is 34.8 Å². The van der Waals surface area contributed by atoms with Crippen LogP contribution in [0.15, 0.2) is 51.7 Å². The number of carbonyl (C=O) groups excluding carboxylic acids is 1. The van der Waals surface area contributed by atoms with Crippen molar-refractivity contribution in [1.29, 1.82) is 0 Å². The van der Waals surface area contributed by atoms with Crippen LogP contribution >= 0.6 is 63.0 Å². The van der Waals surface area contributed by atoms with E-state index < -0.39 is 15.9 Å². The summed E-state index contributed by atoms with van der Waals surface area (Å²) in [7, 11) is 0. The zero-order chi connectivity index (χ0) is 23.0. The number of nitrogens with zero attached hydrogens (tertiary/aromatic N) is 2. The van der Waals surface area contributed by atoms with Gasteiger partial charge in [0.1, 0.15) is 6.17 Å². The molecule has 1 aromatic heterocycles. The monoisotopic (exact) mass is 576 g/mol. The summed E-state index contributed by atoms with van der Waals surface area (Å²) < 4.78 is 0.641. The van der Waals surface area contributed by atoms with Gasteiger partial charge in [-0.2, -0.15) is 0 Å². The van der Waals surface area contributed by atoms with Gasteiger partial charge in [-0.25, -0.2) is 0 Å². The molecule has 170 valence electrons. The molecule has 0 spiro atoms. The topological polar surface area (TPSA) is 66.4 Å². The molecule has 4 rings (SSSR count). The number of rotatable bonds is 3. The third-order valence-corrected chi connectivity index (χ3v) is 7.48. The highest BCUT2D eigenvalue weighted by Crippen LogP contribution is 2.35. The number of hydrogen-bond donors (Lipinski definition) is 2. The Hall–Kier alpha value is -1.32. The van der Waals surface area contributed by atoms with Crippen molar-refractivity contribution >= 4 is 74.0 Å². The Bertz CT molecular complexity index is 1110. The van der Waals surface area contributed by atoms with Crippen LogP contribution in [0, 0.1) is 5.92 Å². The number of alkyl halides is 3. The van der Waals surface area contributed by atoms with E-state index in [2.05, 4.69) is 26.6 Å². The first-order chi connectivity index (χ1) is 15.1. The molecule has 6 nitrogen and oxygen atoms in total. The van der Waals surface area contributed by atoms with Crippen LogP contribution in [0.3, 0.4) is 0 Å². The molecule has 2 bridgehead atoms. The second-order valence-electron chi connectivity index (χ2n) is 7.98. The summed E-state index contributed by atoms with van der Waals surface area (Å²) >= 11 is 27.5. The highest BCUT2D eigenvalue weighted by atomic mass is 79.9. The van der Waals surface area contributed by atoms with Crippen LogP contribution in [-0.4, -0.2) is 43.5 Å². The van der Waals surface area contributed by atoms with E-state index in [1.807, 2.05) is 15.5 Å². The summed E-state index contributed by atoms with van der Waals surface area (Å²) in [6.45, 7) is 1.96. The van der Waals surface area contributed by atoms with Crippen molar-refractivity contribution in [3.8, 4) is 0 Å². The Labute approximate surface area is 214 Å². The molecule has 1 saturated heterocycles. The van der Waals surface area contributed by atoms with E-state index in [0.717, 1.165) is 12.1 Å². The van der Waals surface area contributed by atoms with Crippen molar-refractivity contribution in [3.05, 3.63) is 68.5 Å². The predicted molar refractivity (Wildman–Crippen MR) is 135 cm³/mol. The smallest absolute Gasteiger partial charge is 0.254 e. The van der Waals surface area contributed by atoms with E-state index in [4.69, 9.17) is 47.0 Å². The molecule has 1 aromatic carbocycles. The first kappa shape index (κ1) is 23.8. The van der Waals surface area contributed by atoms with E-state index in [9.17, 15) is 9.59 Å². The maximum Gasteiger partial charge on any atom is 0.254 e. The molecule has 1 amide bonds. The number of hydrogen-bond acceptors (Lipinski definition) is 3. The Morgan fingerprint density at radius 2 is 1.84 bits per heavy atom. The minimum absolute atomic E-state index is 0.0254. The number of halogens is 4. The van der Waals surface area contributed by atoms with Gasteiger partial charge in [0.25, 0.3) is 11.5 Å². The molecule has 11 heteroatoms. The molecule has 2 N–H and O–H groups in total. The van der Waals surface area contributed by atoms with E-state index in [1.165, 1.54) is 0 Å². The second-order valence-corrected chi connectivity index (χ2v) is 11.6. The number of benzene rings is 1. The van der Waals surface area contributed by atoms with Gasteiger partial charge in [-0.3, -0.25) is 9.59 Å². The molecular weight excluding hydrogens is 559 g/mol. The lowest BCUT2D eigenvalue weighted by molar-refractivity contribution is 0.0932. The molecule has 32 heavy (non-hydrogen) atoms. The van der Waals surface area contributed by atoms with Gasteiger partial charge in [-0.05, 0) is 58.7 Å². The van der Waals surface area contributed by atoms with E-state index in [1.54, 1.807) is 36.4 Å². The summed E-state index contributed by atoms with van der Waals surface area (Å²) in [5.41, 5.74) is 1.45. The van der Waals surface area contributed by atoms with Crippen LogP contribution in [0.1, 0.15) is 28.4 Å². The predicted octanol–water partition coefficient (Wildman–Crippen LogP) is 4.03. The molecule has 2 aliphatic rings. The Balaban J connectivity index is 1.48. The number of nitrogens with one attached hydrogen (secondary N) is 2. The summed E-state index contributed by atoms with van der Waals surface area (Å²) in [6, 6.07) is 12.3. The molecule has 0 saturated carbocycles. The third-order valence-electron chi connectivity index (χ3n) is 5.76. The normalized spacial score (nSPS) is 20.8. The number of carbonyl (C=O) groups is 1. The van der Waals surface area contributed by atoms with Crippen molar-refractivity contribution in [2.75, 3.05) is 13.1 Å². The maximum absolute atomic E-state index is 12.8. The molecule has 2 aromatic rings. The van der Waals surface area contributed by atoms with Gasteiger partial charge in [-0.15, -0.1) is 0 Å². The fourth-order valence-electron chi connectivity index (χ4n) is 4.33. The van der Waals surface area contributed by atoms with Gasteiger partial charge in [0.05, 0.1) is 5.56 Å². The second kappa shape index (κ2) is 9.50. The van der Waals surface area contributed by atoms with Crippen LogP contribution in [0.5, 0.6) is 0 Å². The minimum Gasteiger partial charge on any atom is -0.348 e. The maximum atomic E-state index is 12.8. The largest absolute Gasteiger partial charge is 0.348 e. The van der Waals surface area contributed by atoms with Crippen molar-refractivity contribution in [2.45, 2.75) is 28.8 Å². The van der Waals surface area contributed by atoms with Crippen LogP contribution in [0.2, 0.25) is 0 Å². The van der Waals surface area contributed by atoms with Gasteiger partial charge < -0.3 is 20.1 Å². The summed E-state index contributed by atoms with van der Waals surface area (Å²) in [5, 5.41) is 6.12. The lowest BCUT2D eigenvalue weighted by Gasteiger charge is -2.44. The summed E-state index contributed by atoms with van der Waals surface area (Å²) in [4.78, 5) is 27.0. The van der Waals surface area contributed by atoms with Gasteiger partial charge in [0.2, 0.25) is 3.79 Å². The molecule has 3 atom stereocenters. The zero-order valence-corrected chi connectivity index (χ0v) is 21.4. The zero-order valence-electron chi connectivity index (χ0n) is 16.7. The first-order valence-corrected chi connectivity index (χ1v) is 12.3. The first-order valence-electron chi connectivity index (χ1n) is 10.0. The van der Waals surface area contributed by atoms with Gasteiger partial charge in [0.15, 0.2) is 5.11 Å². The van der Waals surface area contributed by atoms with Crippen LogP contribution < -0.4 is 16.2 Å². The molecule has 3 heterocycles. The van der Waals surface area contributed by atoms with Crippen molar-refractivity contribution in [3.63, 3.8) is 0 Å². The number of likely N-dealkylation sites (tertiary alicyclic amines) is 1. The molecule has 2 unspecified atom stereocenters. The Morgan fingerprint density at radius 3 is 2.56 bits per heavy atom. The fraction of sp³-hybridized carbons (Fsp3) is 0.381. The van der Waals surface area contributed by atoms with Gasteiger partial charge in [-0.1, -0.05) is 53.0 Å². The highest BCUT2D eigenvalue weighted by molar-refractivity contribution is 9.10. The van der Waals surface area contributed by atoms with Crippen molar-refractivity contribution in [2.24, 2.45) is 5.92 Å². The van der Waals surface area contributed by atoms with Crippen molar-refractivity contribution < 1.29 is 4.79 Å². The summed E-state index contributed by atoms with van der Waals surface area (Å²) in [5.74, 6) is 0.0484. The lowest BCUT2D eigenvalue weighted by atomic mass is 9.83. The van der Waals surface area contributed by atoms with Crippen molar-refractivity contribution in [1.82, 2.24) is 20.1 Å². The number of piperidine rings is 1.